The van der Waals surface area contributed by atoms with Gasteiger partial charge in [-0.3, -0.25) is 4.79 Å². The molecule has 0 saturated carbocycles. The lowest BCUT2D eigenvalue weighted by molar-refractivity contribution is -0.115. The van der Waals surface area contributed by atoms with Gasteiger partial charge in [-0.2, -0.15) is 0 Å². The van der Waals surface area contributed by atoms with Gasteiger partial charge in [-0.25, -0.2) is 0 Å². The highest BCUT2D eigenvalue weighted by molar-refractivity contribution is 14.1. The van der Waals surface area contributed by atoms with Gasteiger partial charge in [0.25, 0.3) is 0 Å². The summed E-state index contributed by atoms with van der Waals surface area (Å²) >= 11 is 3.78. The third-order valence-corrected chi connectivity index (χ3v) is 3.36. The fourth-order valence-corrected chi connectivity index (χ4v) is 1.94. The summed E-state index contributed by atoms with van der Waals surface area (Å²) in [5, 5.41) is 4.98. The minimum absolute atomic E-state index is 0.0105. The van der Waals surface area contributed by atoms with Crippen molar-refractivity contribution in [1.29, 1.82) is 0 Å². The number of carbonyl (C=O) groups is 1. The van der Waals surface area contributed by atoms with Crippen LogP contribution in [-0.4, -0.2) is 9.83 Å². The molecular formula is C9H12INOS. The van der Waals surface area contributed by atoms with Crippen molar-refractivity contribution in [2.75, 3.05) is 5.32 Å². The number of alkyl halides is 1. The van der Waals surface area contributed by atoms with Crippen molar-refractivity contribution in [2.24, 2.45) is 0 Å². The maximum absolute atomic E-state index is 11.4. The fourth-order valence-electron chi connectivity index (χ4n) is 0.982. The van der Waals surface area contributed by atoms with E-state index in [-0.39, 0.29) is 9.83 Å². The number of carbonyl (C=O) groups excluding carboxylic acids is 1. The van der Waals surface area contributed by atoms with Crippen LogP contribution in [0, 0.1) is 13.8 Å². The van der Waals surface area contributed by atoms with Crippen molar-refractivity contribution in [2.45, 2.75) is 24.7 Å². The third kappa shape index (κ3) is 2.67. The molecule has 4 heteroatoms. The van der Waals surface area contributed by atoms with E-state index in [4.69, 9.17) is 0 Å². The molecule has 72 valence electrons. The SMILES string of the molecule is Cc1csc(C)c1NC(=O)C(C)I. The van der Waals surface area contributed by atoms with Crippen molar-refractivity contribution >= 4 is 45.5 Å². The Labute approximate surface area is 95.9 Å². The van der Waals surface area contributed by atoms with Gasteiger partial charge >= 0.3 is 0 Å². The molecule has 0 spiro atoms. The van der Waals surface area contributed by atoms with E-state index in [0.717, 1.165) is 11.3 Å². The van der Waals surface area contributed by atoms with Gasteiger partial charge in [-0.1, -0.05) is 22.6 Å². The molecule has 0 radical (unpaired) electrons. The number of hydrogen-bond acceptors (Lipinski definition) is 2. The van der Waals surface area contributed by atoms with Crippen LogP contribution in [0.1, 0.15) is 17.4 Å². The quantitative estimate of drug-likeness (QED) is 0.660. The molecule has 1 aromatic rings. The molecule has 1 N–H and O–H groups in total. The van der Waals surface area contributed by atoms with E-state index in [1.54, 1.807) is 11.3 Å². The van der Waals surface area contributed by atoms with Crippen molar-refractivity contribution < 1.29 is 4.79 Å². The number of hydrogen-bond donors (Lipinski definition) is 1. The standard InChI is InChI=1S/C9H12INOS/c1-5-4-13-7(3)8(5)11-9(12)6(2)10/h4,6H,1-3H3,(H,11,12). The molecule has 0 aliphatic rings. The summed E-state index contributed by atoms with van der Waals surface area (Å²) in [5.41, 5.74) is 2.13. The number of amides is 1. The van der Waals surface area contributed by atoms with Gasteiger partial charge in [0.1, 0.15) is 0 Å². The first-order chi connectivity index (χ1) is 6.02. The lowest BCUT2D eigenvalue weighted by Gasteiger charge is -2.07. The second-order valence-electron chi connectivity index (χ2n) is 2.96. The summed E-state index contributed by atoms with van der Waals surface area (Å²) in [7, 11) is 0. The highest BCUT2D eigenvalue weighted by Crippen LogP contribution is 2.26. The van der Waals surface area contributed by atoms with Gasteiger partial charge in [0.05, 0.1) is 9.61 Å². The zero-order chi connectivity index (χ0) is 10.0. The highest BCUT2D eigenvalue weighted by atomic mass is 127. The molecule has 0 aliphatic heterocycles. The van der Waals surface area contributed by atoms with Crippen LogP contribution in [-0.2, 0) is 4.79 Å². The molecule has 0 aliphatic carbocycles. The molecule has 1 rings (SSSR count). The molecule has 0 bridgehead atoms. The second-order valence-corrected chi connectivity index (χ2v) is 5.91. The molecule has 1 unspecified atom stereocenters. The maximum atomic E-state index is 11.4. The first kappa shape index (κ1) is 11.0. The van der Waals surface area contributed by atoms with E-state index in [1.165, 1.54) is 4.88 Å². The van der Waals surface area contributed by atoms with Crippen LogP contribution in [0.15, 0.2) is 5.38 Å². The molecule has 1 aromatic heterocycles. The molecule has 0 fully saturated rings. The minimum Gasteiger partial charge on any atom is -0.324 e. The summed E-state index contributed by atoms with van der Waals surface area (Å²) in [4.78, 5) is 12.6. The van der Waals surface area contributed by atoms with E-state index < -0.39 is 0 Å². The zero-order valence-corrected chi connectivity index (χ0v) is 10.8. The normalized spacial score (nSPS) is 12.6. The van der Waals surface area contributed by atoms with E-state index >= 15 is 0 Å². The minimum atomic E-state index is 0.0105. The smallest absolute Gasteiger partial charge is 0.237 e. The largest absolute Gasteiger partial charge is 0.324 e. The Morgan fingerprint density at radius 3 is 2.62 bits per heavy atom. The topological polar surface area (TPSA) is 29.1 Å². The number of aryl methyl sites for hydroxylation is 2. The molecular weight excluding hydrogens is 297 g/mol. The van der Waals surface area contributed by atoms with Crippen LogP contribution in [0.5, 0.6) is 0 Å². The summed E-state index contributed by atoms with van der Waals surface area (Å²) in [6.07, 6.45) is 0. The van der Waals surface area contributed by atoms with Crippen molar-refractivity contribution in [3.05, 3.63) is 15.8 Å². The first-order valence-corrected chi connectivity index (χ1v) is 6.14. The Morgan fingerprint density at radius 1 is 1.62 bits per heavy atom. The summed E-state index contributed by atoms with van der Waals surface area (Å²) < 4.78 is 0.0105. The number of anilines is 1. The fraction of sp³-hybridized carbons (Fsp3) is 0.444. The predicted molar refractivity (Wildman–Crippen MR) is 65.9 cm³/mol. The van der Waals surface area contributed by atoms with Gasteiger partial charge in [0.15, 0.2) is 0 Å². The molecule has 1 heterocycles. The predicted octanol–water partition coefficient (Wildman–Crippen LogP) is 3.13. The Balaban J connectivity index is 2.79. The Bertz CT molecular complexity index is 300. The summed E-state index contributed by atoms with van der Waals surface area (Å²) in [5.74, 6) is 0.0743. The number of nitrogens with one attached hydrogen (secondary N) is 1. The third-order valence-electron chi connectivity index (χ3n) is 1.77. The number of halogens is 1. The number of rotatable bonds is 2. The Morgan fingerprint density at radius 2 is 2.23 bits per heavy atom. The Kier molecular flexibility index (Phi) is 3.73. The van der Waals surface area contributed by atoms with Crippen LogP contribution in [0.2, 0.25) is 0 Å². The molecule has 2 nitrogen and oxygen atoms in total. The van der Waals surface area contributed by atoms with Crippen LogP contribution < -0.4 is 5.32 Å². The van der Waals surface area contributed by atoms with Crippen molar-refractivity contribution in [1.82, 2.24) is 0 Å². The average Bonchev–Trinajstić information content (AvgIpc) is 2.35. The Hall–Kier alpha value is -0.100. The highest BCUT2D eigenvalue weighted by Gasteiger charge is 2.12. The zero-order valence-electron chi connectivity index (χ0n) is 7.85. The van der Waals surface area contributed by atoms with Gasteiger partial charge in [0.2, 0.25) is 5.91 Å². The lowest BCUT2D eigenvalue weighted by atomic mass is 10.2. The van der Waals surface area contributed by atoms with E-state index in [2.05, 4.69) is 33.3 Å². The monoisotopic (exact) mass is 309 g/mol. The van der Waals surface area contributed by atoms with Gasteiger partial charge in [0, 0.05) is 4.88 Å². The second kappa shape index (κ2) is 4.41. The van der Waals surface area contributed by atoms with Crippen LogP contribution >= 0.6 is 33.9 Å². The number of thiophene rings is 1. The van der Waals surface area contributed by atoms with Gasteiger partial charge in [-0.05, 0) is 31.7 Å². The first-order valence-electron chi connectivity index (χ1n) is 4.02. The van der Waals surface area contributed by atoms with Gasteiger partial charge < -0.3 is 5.32 Å². The summed E-state index contributed by atoms with van der Waals surface area (Å²) in [6.45, 7) is 5.91. The van der Waals surface area contributed by atoms with Crippen molar-refractivity contribution in [3.63, 3.8) is 0 Å². The molecule has 0 saturated heterocycles. The maximum Gasteiger partial charge on any atom is 0.237 e. The average molecular weight is 309 g/mol. The van der Waals surface area contributed by atoms with Gasteiger partial charge in [-0.15, -0.1) is 11.3 Å². The lowest BCUT2D eigenvalue weighted by Crippen LogP contribution is -2.20. The van der Waals surface area contributed by atoms with Crippen LogP contribution in [0.3, 0.4) is 0 Å². The van der Waals surface area contributed by atoms with E-state index in [9.17, 15) is 4.79 Å². The van der Waals surface area contributed by atoms with E-state index in [1.807, 2.05) is 20.8 Å². The summed E-state index contributed by atoms with van der Waals surface area (Å²) in [6, 6.07) is 0. The van der Waals surface area contributed by atoms with Crippen molar-refractivity contribution in [3.8, 4) is 0 Å². The van der Waals surface area contributed by atoms with Crippen LogP contribution in [0.25, 0.3) is 0 Å². The molecule has 0 aromatic carbocycles. The molecule has 13 heavy (non-hydrogen) atoms. The molecule has 1 atom stereocenters. The van der Waals surface area contributed by atoms with Crippen LogP contribution in [0.4, 0.5) is 5.69 Å². The molecule has 1 amide bonds. The van der Waals surface area contributed by atoms with E-state index in [0.29, 0.717) is 0 Å².